The molecular weight excluding hydrogens is 270 g/mol. The minimum atomic E-state index is -0.545. The van der Waals surface area contributed by atoms with Crippen molar-refractivity contribution >= 4 is 22.4 Å². The fraction of sp³-hybridized carbons (Fsp3) is 0.333. The molecular formula is C15H17N3OS. The lowest BCUT2D eigenvalue weighted by Crippen LogP contribution is -2.06. The van der Waals surface area contributed by atoms with E-state index in [1.54, 1.807) is 11.3 Å². The average Bonchev–Trinajstić information content (AvgIpc) is 2.91. The summed E-state index contributed by atoms with van der Waals surface area (Å²) in [4.78, 5) is 9.91. The molecule has 1 N–H and O–H groups in total. The van der Waals surface area contributed by atoms with E-state index in [9.17, 15) is 5.11 Å². The van der Waals surface area contributed by atoms with Gasteiger partial charge in [-0.15, -0.1) is 11.3 Å². The minimum Gasteiger partial charge on any atom is -0.387 e. The summed E-state index contributed by atoms with van der Waals surface area (Å²) in [7, 11) is 1.99. The van der Waals surface area contributed by atoms with Crippen molar-refractivity contribution in [1.82, 2.24) is 14.5 Å². The van der Waals surface area contributed by atoms with Gasteiger partial charge in [-0.1, -0.05) is 12.1 Å². The van der Waals surface area contributed by atoms with Crippen LogP contribution in [0.25, 0.3) is 11.0 Å². The van der Waals surface area contributed by atoms with Gasteiger partial charge >= 0.3 is 0 Å². The van der Waals surface area contributed by atoms with Crippen LogP contribution in [0.1, 0.15) is 27.5 Å². The molecule has 0 saturated carbocycles. The molecule has 0 saturated heterocycles. The zero-order chi connectivity index (χ0) is 14.3. The van der Waals surface area contributed by atoms with Gasteiger partial charge in [0.1, 0.15) is 5.82 Å². The highest BCUT2D eigenvalue weighted by Gasteiger charge is 2.18. The standard InChI is InChI=1S/C15H17N3OS/c1-9-15(20-10(2)16-9)13(19)8-14-17-11-6-4-5-7-12(11)18(14)3/h4-7,13,19H,8H2,1-3H3. The predicted octanol–water partition coefficient (Wildman–Crippen LogP) is 2.92. The lowest BCUT2D eigenvalue weighted by Gasteiger charge is -2.09. The number of thiazole rings is 1. The Balaban J connectivity index is 1.93. The van der Waals surface area contributed by atoms with E-state index in [2.05, 4.69) is 9.97 Å². The monoisotopic (exact) mass is 287 g/mol. The number of imidazole rings is 1. The molecule has 1 aromatic carbocycles. The van der Waals surface area contributed by atoms with E-state index < -0.39 is 6.10 Å². The number of aliphatic hydroxyl groups is 1. The average molecular weight is 287 g/mol. The Bertz CT molecular complexity index is 760. The van der Waals surface area contributed by atoms with Crippen molar-refractivity contribution in [3.8, 4) is 0 Å². The molecule has 1 atom stereocenters. The van der Waals surface area contributed by atoms with Gasteiger partial charge in [0, 0.05) is 13.5 Å². The van der Waals surface area contributed by atoms with Gasteiger partial charge in [0.25, 0.3) is 0 Å². The molecule has 2 aromatic heterocycles. The first-order valence-electron chi connectivity index (χ1n) is 6.58. The summed E-state index contributed by atoms with van der Waals surface area (Å²) >= 11 is 1.56. The number of para-hydroxylation sites is 2. The number of hydrogen-bond donors (Lipinski definition) is 1. The maximum absolute atomic E-state index is 10.4. The van der Waals surface area contributed by atoms with Gasteiger partial charge in [-0.05, 0) is 26.0 Å². The molecule has 0 bridgehead atoms. The summed E-state index contributed by atoms with van der Waals surface area (Å²) in [6.45, 7) is 3.90. The van der Waals surface area contributed by atoms with Crippen molar-refractivity contribution < 1.29 is 5.11 Å². The summed E-state index contributed by atoms with van der Waals surface area (Å²) in [6.07, 6.45) is -0.0371. The van der Waals surface area contributed by atoms with E-state index >= 15 is 0 Å². The van der Waals surface area contributed by atoms with Crippen molar-refractivity contribution in [2.75, 3.05) is 0 Å². The Kier molecular flexibility index (Phi) is 3.31. The van der Waals surface area contributed by atoms with Crippen molar-refractivity contribution in [3.63, 3.8) is 0 Å². The van der Waals surface area contributed by atoms with E-state index in [1.165, 1.54) is 0 Å². The Labute approximate surface area is 121 Å². The summed E-state index contributed by atoms with van der Waals surface area (Å²) in [5.74, 6) is 0.893. The molecule has 0 radical (unpaired) electrons. The zero-order valence-corrected chi connectivity index (χ0v) is 12.6. The van der Waals surface area contributed by atoms with Gasteiger partial charge in [0.15, 0.2) is 0 Å². The molecule has 0 spiro atoms. The van der Waals surface area contributed by atoms with Crippen molar-refractivity contribution in [2.24, 2.45) is 7.05 Å². The number of benzene rings is 1. The summed E-state index contributed by atoms with van der Waals surface area (Å²) < 4.78 is 2.04. The highest BCUT2D eigenvalue weighted by molar-refractivity contribution is 7.11. The van der Waals surface area contributed by atoms with Crippen LogP contribution in [0.5, 0.6) is 0 Å². The predicted molar refractivity (Wildman–Crippen MR) is 81.0 cm³/mol. The van der Waals surface area contributed by atoms with E-state index in [4.69, 9.17) is 0 Å². The summed E-state index contributed by atoms with van der Waals surface area (Å²) in [5.41, 5.74) is 2.97. The number of aromatic nitrogens is 3. The molecule has 3 rings (SSSR count). The first-order chi connectivity index (χ1) is 9.56. The van der Waals surface area contributed by atoms with E-state index in [-0.39, 0.29) is 0 Å². The van der Waals surface area contributed by atoms with Gasteiger partial charge in [0.2, 0.25) is 0 Å². The van der Waals surface area contributed by atoms with Crippen LogP contribution in [-0.2, 0) is 13.5 Å². The van der Waals surface area contributed by atoms with Crippen LogP contribution in [0, 0.1) is 13.8 Å². The van der Waals surface area contributed by atoms with Crippen LogP contribution < -0.4 is 0 Å². The van der Waals surface area contributed by atoms with Crippen LogP contribution in [0.4, 0.5) is 0 Å². The van der Waals surface area contributed by atoms with E-state index in [0.29, 0.717) is 6.42 Å². The van der Waals surface area contributed by atoms with Crippen LogP contribution >= 0.6 is 11.3 Å². The van der Waals surface area contributed by atoms with Crippen LogP contribution in [0.2, 0.25) is 0 Å². The Morgan fingerprint density at radius 2 is 2.00 bits per heavy atom. The highest BCUT2D eigenvalue weighted by atomic mass is 32.1. The Morgan fingerprint density at radius 3 is 2.65 bits per heavy atom. The number of rotatable bonds is 3. The molecule has 0 aliphatic carbocycles. The van der Waals surface area contributed by atoms with Crippen LogP contribution in [0.15, 0.2) is 24.3 Å². The van der Waals surface area contributed by atoms with Gasteiger partial charge in [0.05, 0.1) is 32.7 Å². The van der Waals surface area contributed by atoms with Gasteiger partial charge < -0.3 is 9.67 Å². The normalized spacial score (nSPS) is 13.0. The van der Waals surface area contributed by atoms with E-state index in [1.807, 2.05) is 49.7 Å². The molecule has 0 aliphatic rings. The largest absolute Gasteiger partial charge is 0.387 e. The third kappa shape index (κ3) is 2.23. The molecule has 2 heterocycles. The van der Waals surface area contributed by atoms with Crippen LogP contribution in [0.3, 0.4) is 0 Å². The van der Waals surface area contributed by atoms with Crippen molar-refractivity contribution in [3.05, 3.63) is 45.7 Å². The maximum Gasteiger partial charge on any atom is 0.112 e. The van der Waals surface area contributed by atoms with E-state index in [0.717, 1.165) is 32.4 Å². The highest BCUT2D eigenvalue weighted by Crippen LogP contribution is 2.27. The summed E-state index contributed by atoms with van der Waals surface area (Å²) in [6, 6.07) is 8.01. The van der Waals surface area contributed by atoms with Crippen molar-refractivity contribution in [1.29, 1.82) is 0 Å². The SMILES string of the molecule is Cc1nc(C)c(C(O)Cc2nc3ccccc3n2C)s1. The number of fused-ring (bicyclic) bond motifs is 1. The van der Waals surface area contributed by atoms with Gasteiger partial charge in [-0.25, -0.2) is 9.97 Å². The maximum atomic E-state index is 10.4. The topological polar surface area (TPSA) is 50.9 Å². The third-order valence-electron chi connectivity index (χ3n) is 3.50. The second-order valence-corrected chi connectivity index (χ2v) is 6.21. The summed E-state index contributed by atoms with van der Waals surface area (Å²) in [5, 5.41) is 11.4. The fourth-order valence-corrected chi connectivity index (χ4v) is 3.41. The number of hydrogen-bond acceptors (Lipinski definition) is 4. The number of nitrogens with zero attached hydrogens (tertiary/aromatic N) is 3. The first-order valence-corrected chi connectivity index (χ1v) is 7.40. The molecule has 0 aliphatic heterocycles. The number of aliphatic hydroxyl groups excluding tert-OH is 1. The molecule has 3 aromatic rings. The second kappa shape index (κ2) is 5.00. The zero-order valence-electron chi connectivity index (χ0n) is 11.8. The molecule has 0 amide bonds. The molecule has 0 fully saturated rings. The smallest absolute Gasteiger partial charge is 0.112 e. The third-order valence-corrected chi connectivity index (χ3v) is 4.67. The Hall–Kier alpha value is -1.72. The quantitative estimate of drug-likeness (QED) is 0.806. The molecule has 1 unspecified atom stereocenters. The molecule has 4 nitrogen and oxygen atoms in total. The Morgan fingerprint density at radius 1 is 1.25 bits per heavy atom. The van der Waals surface area contributed by atoms with Crippen molar-refractivity contribution in [2.45, 2.75) is 26.4 Å². The first kappa shape index (κ1) is 13.3. The fourth-order valence-electron chi connectivity index (χ4n) is 2.50. The number of aryl methyl sites for hydroxylation is 3. The molecule has 104 valence electrons. The van der Waals surface area contributed by atoms with Gasteiger partial charge in [-0.2, -0.15) is 0 Å². The minimum absolute atomic E-state index is 0.508. The van der Waals surface area contributed by atoms with Crippen LogP contribution in [-0.4, -0.2) is 19.6 Å². The lowest BCUT2D eigenvalue weighted by atomic mass is 10.2. The molecule has 5 heteroatoms. The van der Waals surface area contributed by atoms with Gasteiger partial charge in [-0.3, -0.25) is 0 Å². The lowest BCUT2D eigenvalue weighted by molar-refractivity contribution is 0.178. The molecule has 20 heavy (non-hydrogen) atoms. The second-order valence-electron chi connectivity index (χ2n) is 4.98.